The van der Waals surface area contributed by atoms with Crippen LogP contribution in [0.3, 0.4) is 0 Å². The topological polar surface area (TPSA) is 58.2 Å². The third-order valence-corrected chi connectivity index (χ3v) is 7.53. The molecule has 0 spiro atoms. The average molecular weight is 423 g/mol. The first-order valence-electron chi connectivity index (χ1n) is 10.3. The molecule has 5 rings (SSSR count). The van der Waals surface area contributed by atoms with E-state index < -0.39 is 5.54 Å². The Morgan fingerprint density at radius 3 is 2.18 bits per heavy atom. The summed E-state index contributed by atoms with van der Waals surface area (Å²) in [6, 6.07) is 5.10. The fourth-order valence-electron chi connectivity index (χ4n) is 5.86. The Labute approximate surface area is 176 Å². The molecule has 4 aliphatic carbocycles. The molecule has 6 heteroatoms. The van der Waals surface area contributed by atoms with Gasteiger partial charge in [0.1, 0.15) is 0 Å². The summed E-state index contributed by atoms with van der Waals surface area (Å²) < 4.78 is 0. The number of halogens is 2. The maximum absolute atomic E-state index is 12.8. The summed E-state index contributed by atoms with van der Waals surface area (Å²) in [6.45, 7) is 3.75. The molecule has 0 radical (unpaired) electrons. The molecule has 0 heterocycles. The normalized spacial score (nSPS) is 30.9. The molecule has 2 amide bonds. The second-order valence-electron chi connectivity index (χ2n) is 9.67. The molecule has 4 aliphatic rings. The first-order chi connectivity index (χ1) is 13.2. The number of carbonyl (C=O) groups is 2. The van der Waals surface area contributed by atoms with E-state index >= 15 is 0 Å². The largest absolute Gasteiger partial charge is 0.353 e. The molecule has 4 nitrogen and oxygen atoms in total. The van der Waals surface area contributed by atoms with E-state index in [0.717, 1.165) is 11.8 Å². The van der Waals surface area contributed by atoms with E-state index in [1.165, 1.54) is 32.1 Å². The molecule has 1 aromatic rings. The lowest BCUT2D eigenvalue weighted by atomic mass is 9.54. The molecule has 152 valence electrons. The zero-order valence-corrected chi connectivity index (χ0v) is 17.9. The monoisotopic (exact) mass is 422 g/mol. The Kier molecular flexibility index (Phi) is 5.39. The van der Waals surface area contributed by atoms with Crippen LogP contribution in [-0.4, -0.2) is 23.4 Å². The summed E-state index contributed by atoms with van der Waals surface area (Å²) in [5, 5.41) is 7.02. The van der Waals surface area contributed by atoms with Gasteiger partial charge in [0.25, 0.3) is 5.91 Å². The van der Waals surface area contributed by atoms with E-state index in [9.17, 15) is 9.59 Å². The highest BCUT2D eigenvalue weighted by Gasteiger charge is 2.48. The SMILES string of the molecule is CC(C)(CC(=O)NC1C2CC3CC(C2)CC1C3)NC(=O)c1ccc(Cl)c(Cl)c1. The van der Waals surface area contributed by atoms with Crippen molar-refractivity contribution in [3.63, 3.8) is 0 Å². The summed E-state index contributed by atoms with van der Waals surface area (Å²) in [5.41, 5.74) is -0.219. The van der Waals surface area contributed by atoms with Crippen LogP contribution in [0.1, 0.15) is 62.7 Å². The van der Waals surface area contributed by atoms with Crippen LogP contribution in [-0.2, 0) is 4.79 Å². The molecule has 0 saturated heterocycles. The molecule has 0 aliphatic heterocycles. The van der Waals surface area contributed by atoms with E-state index in [2.05, 4.69) is 10.6 Å². The second kappa shape index (κ2) is 7.53. The predicted molar refractivity (Wildman–Crippen MR) is 112 cm³/mol. The van der Waals surface area contributed by atoms with Gasteiger partial charge < -0.3 is 10.6 Å². The van der Waals surface area contributed by atoms with E-state index in [1.54, 1.807) is 18.2 Å². The van der Waals surface area contributed by atoms with Crippen LogP contribution in [0.4, 0.5) is 0 Å². The lowest BCUT2D eigenvalue weighted by molar-refractivity contribution is -0.126. The Morgan fingerprint density at radius 1 is 1.00 bits per heavy atom. The van der Waals surface area contributed by atoms with Crippen molar-refractivity contribution in [2.45, 2.75) is 64.0 Å². The highest BCUT2D eigenvalue weighted by Crippen LogP contribution is 2.53. The predicted octanol–water partition coefficient (Wildman–Crippen LogP) is 4.83. The Balaban J connectivity index is 1.34. The fourth-order valence-corrected chi connectivity index (χ4v) is 6.16. The van der Waals surface area contributed by atoms with E-state index in [1.807, 2.05) is 13.8 Å². The molecule has 1 aromatic carbocycles. The summed E-state index contributed by atoms with van der Waals surface area (Å²) in [7, 11) is 0. The number of nitrogens with one attached hydrogen (secondary N) is 2. The zero-order valence-electron chi connectivity index (χ0n) is 16.4. The lowest BCUT2D eigenvalue weighted by Crippen LogP contribution is -2.57. The molecule has 4 fully saturated rings. The third-order valence-electron chi connectivity index (χ3n) is 6.79. The van der Waals surface area contributed by atoms with Gasteiger partial charge in [-0.25, -0.2) is 0 Å². The van der Waals surface area contributed by atoms with Crippen molar-refractivity contribution in [3.8, 4) is 0 Å². The van der Waals surface area contributed by atoms with Crippen LogP contribution < -0.4 is 10.6 Å². The van der Waals surface area contributed by atoms with Gasteiger partial charge in [0.2, 0.25) is 5.91 Å². The minimum atomic E-state index is -0.654. The van der Waals surface area contributed by atoms with Gasteiger partial charge in [-0.15, -0.1) is 0 Å². The number of benzene rings is 1. The molecule has 0 aromatic heterocycles. The van der Waals surface area contributed by atoms with Crippen LogP contribution in [0, 0.1) is 23.7 Å². The molecular formula is C22H28Cl2N2O2. The molecule has 28 heavy (non-hydrogen) atoms. The molecule has 4 bridgehead atoms. The fraction of sp³-hybridized carbons (Fsp3) is 0.636. The van der Waals surface area contributed by atoms with Gasteiger partial charge in [-0.2, -0.15) is 0 Å². The van der Waals surface area contributed by atoms with Crippen LogP contribution in [0.25, 0.3) is 0 Å². The van der Waals surface area contributed by atoms with Crippen LogP contribution in [0.15, 0.2) is 18.2 Å². The Morgan fingerprint density at radius 2 is 1.61 bits per heavy atom. The number of carbonyl (C=O) groups excluding carboxylic acids is 2. The van der Waals surface area contributed by atoms with Crippen LogP contribution in [0.5, 0.6) is 0 Å². The minimum Gasteiger partial charge on any atom is -0.353 e. The van der Waals surface area contributed by atoms with Crippen LogP contribution >= 0.6 is 23.2 Å². The summed E-state index contributed by atoms with van der Waals surface area (Å²) in [4.78, 5) is 25.3. The maximum atomic E-state index is 12.8. The average Bonchev–Trinajstić information content (AvgIpc) is 2.59. The quantitative estimate of drug-likeness (QED) is 0.713. The molecule has 0 atom stereocenters. The lowest BCUT2D eigenvalue weighted by Gasteiger charge is -2.54. The first kappa shape index (κ1) is 20.0. The zero-order chi connectivity index (χ0) is 20.1. The van der Waals surface area contributed by atoms with Gasteiger partial charge in [0.05, 0.1) is 10.0 Å². The highest BCUT2D eigenvalue weighted by atomic mass is 35.5. The summed E-state index contributed by atoms with van der Waals surface area (Å²) in [5.74, 6) is 2.83. The van der Waals surface area contributed by atoms with Crippen molar-refractivity contribution in [1.29, 1.82) is 0 Å². The minimum absolute atomic E-state index is 0.0249. The second-order valence-corrected chi connectivity index (χ2v) is 10.5. The van der Waals surface area contributed by atoms with Gasteiger partial charge in [-0.3, -0.25) is 9.59 Å². The van der Waals surface area contributed by atoms with Crippen molar-refractivity contribution in [2.75, 3.05) is 0 Å². The third kappa shape index (κ3) is 4.18. The van der Waals surface area contributed by atoms with Crippen molar-refractivity contribution in [3.05, 3.63) is 33.8 Å². The van der Waals surface area contributed by atoms with Gasteiger partial charge in [-0.05, 0) is 87.8 Å². The van der Waals surface area contributed by atoms with Crippen molar-refractivity contribution >= 4 is 35.0 Å². The number of rotatable bonds is 5. The standard InChI is InChI=1S/C22H28Cl2N2O2/c1-22(2,26-21(28)14-3-4-17(23)18(24)10-14)11-19(27)25-20-15-6-12-5-13(8-15)9-16(20)7-12/h3-4,10,12-13,15-16,20H,5-9,11H2,1-2H3,(H,25,27)(H,26,28). The van der Waals surface area contributed by atoms with E-state index in [0.29, 0.717) is 33.5 Å². The smallest absolute Gasteiger partial charge is 0.251 e. The molecular weight excluding hydrogens is 395 g/mol. The number of amides is 2. The van der Waals surface area contributed by atoms with Crippen molar-refractivity contribution in [1.82, 2.24) is 10.6 Å². The van der Waals surface area contributed by atoms with Crippen molar-refractivity contribution < 1.29 is 9.59 Å². The summed E-state index contributed by atoms with van der Waals surface area (Å²) >= 11 is 11.9. The number of hydrogen-bond donors (Lipinski definition) is 2. The Hall–Kier alpha value is -1.26. The van der Waals surface area contributed by atoms with Gasteiger partial charge in [0.15, 0.2) is 0 Å². The van der Waals surface area contributed by atoms with Crippen molar-refractivity contribution in [2.24, 2.45) is 23.7 Å². The molecule has 4 saturated carbocycles. The van der Waals surface area contributed by atoms with E-state index in [4.69, 9.17) is 23.2 Å². The van der Waals surface area contributed by atoms with Crippen LogP contribution in [0.2, 0.25) is 10.0 Å². The molecule has 0 unspecified atom stereocenters. The maximum Gasteiger partial charge on any atom is 0.251 e. The van der Waals surface area contributed by atoms with E-state index in [-0.39, 0.29) is 18.2 Å². The molecule has 2 N–H and O–H groups in total. The number of hydrogen-bond acceptors (Lipinski definition) is 2. The van der Waals surface area contributed by atoms with Gasteiger partial charge in [0, 0.05) is 23.6 Å². The highest BCUT2D eigenvalue weighted by molar-refractivity contribution is 6.42. The Bertz CT molecular complexity index is 765. The first-order valence-corrected chi connectivity index (χ1v) is 11.0. The van der Waals surface area contributed by atoms with Gasteiger partial charge >= 0.3 is 0 Å². The summed E-state index contributed by atoms with van der Waals surface area (Å²) in [6.07, 6.45) is 6.75. The van der Waals surface area contributed by atoms with Gasteiger partial charge in [-0.1, -0.05) is 23.2 Å².